The number of pyridine rings is 1. The Kier molecular flexibility index (Phi) is 1.31. The van der Waals surface area contributed by atoms with Gasteiger partial charge in [0.2, 0.25) is 0 Å². The summed E-state index contributed by atoms with van der Waals surface area (Å²) >= 11 is 0. The van der Waals surface area contributed by atoms with Crippen LogP contribution in [0.15, 0.2) is 36.8 Å². The molecule has 2 aromatic heterocycles. The highest BCUT2D eigenvalue weighted by atomic mass is 16.3. The summed E-state index contributed by atoms with van der Waals surface area (Å²) in [6.07, 6.45) is 5.21. The lowest BCUT2D eigenvalue weighted by Crippen LogP contribution is -1.77. The normalized spacial score (nSPS) is 11.1. The number of benzene rings is 1. The summed E-state index contributed by atoms with van der Waals surface area (Å²) in [7, 11) is 0. The van der Waals surface area contributed by atoms with Crippen LogP contribution in [-0.2, 0) is 0 Å². The highest BCUT2D eigenvalue weighted by Gasteiger charge is 2.05. The van der Waals surface area contributed by atoms with Crippen molar-refractivity contribution in [2.45, 2.75) is 0 Å². The van der Waals surface area contributed by atoms with E-state index in [0.29, 0.717) is 5.75 Å². The molecule has 0 spiro atoms. The molecule has 0 aliphatic carbocycles. The molecule has 0 aliphatic rings. The van der Waals surface area contributed by atoms with Crippen LogP contribution >= 0.6 is 0 Å². The minimum absolute atomic E-state index is 0.298. The van der Waals surface area contributed by atoms with Crippen molar-refractivity contribution < 1.29 is 5.11 Å². The number of fused-ring (bicyclic) bond motifs is 2. The first kappa shape index (κ1) is 7.38. The molecule has 0 saturated carbocycles. The standard InChI is InChI=1S/C11H8N2O/c14-11-8-2-4-13-10(8)5-7-1-3-12-6-9(7)11/h1-6,13-14H. The van der Waals surface area contributed by atoms with Gasteiger partial charge in [0.15, 0.2) is 0 Å². The fourth-order valence-corrected chi connectivity index (χ4v) is 1.74. The van der Waals surface area contributed by atoms with Gasteiger partial charge in [0.05, 0.1) is 0 Å². The number of nitrogens with zero attached hydrogens (tertiary/aromatic N) is 1. The number of hydrogen-bond acceptors (Lipinski definition) is 2. The Labute approximate surface area is 80.0 Å². The van der Waals surface area contributed by atoms with E-state index >= 15 is 0 Å². The summed E-state index contributed by atoms with van der Waals surface area (Å²) in [5, 5.41) is 12.6. The second-order valence-electron chi connectivity index (χ2n) is 3.26. The van der Waals surface area contributed by atoms with E-state index in [-0.39, 0.29) is 0 Å². The Morgan fingerprint density at radius 2 is 2.14 bits per heavy atom. The quantitative estimate of drug-likeness (QED) is 0.563. The molecule has 0 aliphatic heterocycles. The molecular formula is C11H8N2O. The summed E-state index contributed by atoms with van der Waals surface area (Å²) in [6.45, 7) is 0. The second-order valence-corrected chi connectivity index (χ2v) is 3.26. The van der Waals surface area contributed by atoms with Gasteiger partial charge in [-0.15, -0.1) is 0 Å². The van der Waals surface area contributed by atoms with Crippen LogP contribution in [0.3, 0.4) is 0 Å². The Balaban J connectivity index is 2.63. The lowest BCUT2D eigenvalue weighted by molar-refractivity contribution is 0.487. The Bertz CT molecular complexity index is 613. The van der Waals surface area contributed by atoms with E-state index in [9.17, 15) is 5.11 Å². The molecule has 0 bridgehead atoms. The van der Waals surface area contributed by atoms with Crippen molar-refractivity contribution in [3.05, 3.63) is 36.8 Å². The molecule has 0 unspecified atom stereocenters. The minimum Gasteiger partial charge on any atom is -0.507 e. The number of H-pyrrole nitrogens is 1. The van der Waals surface area contributed by atoms with Crippen LogP contribution in [0.4, 0.5) is 0 Å². The van der Waals surface area contributed by atoms with Crippen LogP contribution < -0.4 is 0 Å². The number of phenolic OH excluding ortho intramolecular Hbond substituents is 1. The highest BCUT2D eigenvalue weighted by molar-refractivity contribution is 6.03. The largest absolute Gasteiger partial charge is 0.507 e. The Morgan fingerprint density at radius 1 is 1.21 bits per heavy atom. The molecule has 68 valence electrons. The third kappa shape index (κ3) is 0.836. The third-order valence-electron chi connectivity index (χ3n) is 2.44. The maximum atomic E-state index is 9.94. The lowest BCUT2D eigenvalue weighted by Gasteiger charge is -2.01. The summed E-state index contributed by atoms with van der Waals surface area (Å²) in [6, 6.07) is 5.75. The number of rotatable bonds is 0. The zero-order chi connectivity index (χ0) is 9.54. The first-order chi connectivity index (χ1) is 6.86. The maximum absolute atomic E-state index is 9.94. The third-order valence-corrected chi connectivity index (χ3v) is 2.44. The number of nitrogens with one attached hydrogen (secondary N) is 1. The molecule has 0 saturated heterocycles. The number of hydrogen-bond donors (Lipinski definition) is 2. The minimum atomic E-state index is 0.298. The summed E-state index contributed by atoms with van der Waals surface area (Å²) in [5.41, 5.74) is 0.946. The van der Waals surface area contributed by atoms with Crippen LogP contribution in [0.2, 0.25) is 0 Å². The molecule has 1 aromatic carbocycles. The van der Waals surface area contributed by atoms with Crippen LogP contribution in [0, 0.1) is 0 Å². The molecule has 3 heteroatoms. The van der Waals surface area contributed by atoms with Crippen molar-refractivity contribution in [1.82, 2.24) is 9.97 Å². The molecule has 0 amide bonds. The number of aromatic nitrogens is 2. The number of aromatic amines is 1. The van der Waals surface area contributed by atoms with Gasteiger partial charge in [0, 0.05) is 34.9 Å². The second kappa shape index (κ2) is 2.48. The topological polar surface area (TPSA) is 48.9 Å². The summed E-state index contributed by atoms with van der Waals surface area (Å²) in [4.78, 5) is 7.07. The van der Waals surface area contributed by atoms with Crippen LogP contribution in [0.5, 0.6) is 5.75 Å². The Morgan fingerprint density at radius 3 is 3.07 bits per heavy atom. The zero-order valence-corrected chi connectivity index (χ0v) is 7.36. The molecule has 0 fully saturated rings. The molecular weight excluding hydrogens is 176 g/mol. The molecule has 14 heavy (non-hydrogen) atoms. The van der Waals surface area contributed by atoms with E-state index in [1.165, 1.54) is 0 Å². The summed E-state index contributed by atoms with van der Waals surface area (Å²) in [5.74, 6) is 0.298. The lowest BCUT2D eigenvalue weighted by atomic mass is 10.1. The molecule has 0 radical (unpaired) electrons. The van der Waals surface area contributed by atoms with Gasteiger partial charge in [0.25, 0.3) is 0 Å². The van der Waals surface area contributed by atoms with Gasteiger partial charge in [-0.25, -0.2) is 0 Å². The van der Waals surface area contributed by atoms with E-state index in [0.717, 1.165) is 21.7 Å². The summed E-state index contributed by atoms with van der Waals surface area (Å²) < 4.78 is 0. The first-order valence-electron chi connectivity index (χ1n) is 4.39. The number of phenols is 1. The van der Waals surface area contributed by atoms with Crippen molar-refractivity contribution in [2.75, 3.05) is 0 Å². The van der Waals surface area contributed by atoms with Crippen molar-refractivity contribution in [2.24, 2.45) is 0 Å². The maximum Gasteiger partial charge on any atom is 0.134 e. The van der Waals surface area contributed by atoms with Gasteiger partial charge in [-0.2, -0.15) is 0 Å². The van der Waals surface area contributed by atoms with Gasteiger partial charge in [0.1, 0.15) is 5.75 Å². The fraction of sp³-hybridized carbons (Fsp3) is 0. The molecule has 0 atom stereocenters. The van der Waals surface area contributed by atoms with Gasteiger partial charge < -0.3 is 10.1 Å². The number of aromatic hydroxyl groups is 1. The van der Waals surface area contributed by atoms with Gasteiger partial charge in [-0.3, -0.25) is 4.98 Å². The van der Waals surface area contributed by atoms with Gasteiger partial charge in [-0.05, 0) is 23.6 Å². The molecule has 2 heterocycles. The van der Waals surface area contributed by atoms with Crippen molar-refractivity contribution >= 4 is 21.7 Å². The highest BCUT2D eigenvalue weighted by Crippen LogP contribution is 2.32. The van der Waals surface area contributed by atoms with Crippen molar-refractivity contribution in [1.29, 1.82) is 0 Å². The zero-order valence-electron chi connectivity index (χ0n) is 7.36. The van der Waals surface area contributed by atoms with E-state index in [2.05, 4.69) is 9.97 Å². The fourth-order valence-electron chi connectivity index (χ4n) is 1.74. The monoisotopic (exact) mass is 184 g/mol. The van der Waals surface area contributed by atoms with Crippen LogP contribution in [0.25, 0.3) is 21.7 Å². The average molecular weight is 184 g/mol. The van der Waals surface area contributed by atoms with Crippen molar-refractivity contribution in [3.63, 3.8) is 0 Å². The van der Waals surface area contributed by atoms with E-state index in [1.54, 1.807) is 12.4 Å². The van der Waals surface area contributed by atoms with E-state index < -0.39 is 0 Å². The SMILES string of the molecule is Oc1c2cnccc2cc2[nH]ccc12. The molecule has 2 N–H and O–H groups in total. The first-order valence-corrected chi connectivity index (χ1v) is 4.39. The van der Waals surface area contributed by atoms with Crippen molar-refractivity contribution in [3.8, 4) is 5.75 Å². The van der Waals surface area contributed by atoms with Gasteiger partial charge >= 0.3 is 0 Å². The van der Waals surface area contributed by atoms with E-state index in [1.807, 2.05) is 24.4 Å². The predicted octanol–water partition coefficient (Wildman–Crippen LogP) is 2.42. The van der Waals surface area contributed by atoms with Crippen LogP contribution in [-0.4, -0.2) is 15.1 Å². The Hall–Kier alpha value is -2.03. The average Bonchev–Trinajstić information content (AvgIpc) is 2.66. The molecule has 3 rings (SSSR count). The smallest absolute Gasteiger partial charge is 0.134 e. The van der Waals surface area contributed by atoms with Crippen LogP contribution in [0.1, 0.15) is 0 Å². The van der Waals surface area contributed by atoms with E-state index in [4.69, 9.17) is 0 Å². The van der Waals surface area contributed by atoms with Gasteiger partial charge in [-0.1, -0.05) is 0 Å². The predicted molar refractivity (Wildman–Crippen MR) is 55.3 cm³/mol. The molecule has 3 nitrogen and oxygen atoms in total. The molecule has 3 aromatic rings.